The van der Waals surface area contributed by atoms with E-state index in [0.717, 1.165) is 23.3 Å². The first-order valence-electron chi connectivity index (χ1n) is 8.98. The van der Waals surface area contributed by atoms with Crippen molar-refractivity contribution in [3.05, 3.63) is 17.3 Å². The Morgan fingerprint density at radius 2 is 2.04 bits per heavy atom. The van der Waals surface area contributed by atoms with Gasteiger partial charge in [-0.05, 0) is 39.5 Å². The molecule has 2 N–H and O–H groups in total. The van der Waals surface area contributed by atoms with Crippen LogP contribution in [0.3, 0.4) is 0 Å². The lowest BCUT2D eigenvalue weighted by Gasteiger charge is -2.24. The Balaban J connectivity index is 1.70. The predicted molar refractivity (Wildman–Crippen MR) is 94.6 cm³/mol. The molecule has 1 atom stereocenters. The Morgan fingerprint density at radius 1 is 1.30 bits per heavy atom. The largest absolute Gasteiger partial charge is 0.444 e. The smallest absolute Gasteiger partial charge is 0.214 e. The lowest BCUT2D eigenvalue weighted by Crippen LogP contribution is -2.42. The number of aromatic nitrogens is 1. The molecule has 0 amide bonds. The molecule has 1 fully saturated rings. The molecule has 0 bridgehead atoms. The van der Waals surface area contributed by atoms with Crippen molar-refractivity contribution in [3.8, 4) is 0 Å². The molecule has 1 aliphatic rings. The maximum Gasteiger partial charge on any atom is 0.214 e. The van der Waals surface area contributed by atoms with Gasteiger partial charge in [0.1, 0.15) is 5.76 Å². The van der Waals surface area contributed by atoms with Crippen molar-refractivity contribution in [1.29, 1.82) is 0 Å². The summed E-state index contributed by atoms with van der Waals surface area (Å²) in [5.41, 5.74) is 0.950. The van der Waals surface area contributed by atoms with Crippen molar-refractivity contribution in [2.45, 2.75) is 78.3 Å². The van der Waals surface area contributed by atoms with Gasteiger partial charge in [0.2, 0.25) is 5.89 Å². The van der Waals surface area contributed by atoms with E-state index in [-0.39, 0.29) is 0 Å². The molecule has 1 aliphatic carbocycles. The van der Waals surface area contributed by atoms with Crippen LogP contribution in [-0.4, -0.2) is 24.0 Å². The zero-order valence-corrected chi connectivity index (χ0v) is 15.1. The highest BCUT2D eigenvalue weighted by Gasteiger charge is 2.15. The molecular weight excluding hydrogens is 288 g/mol. The van der Waals surface area contributed by atoms with Crippen LogP contribution in [0, 0.1) is 19.8 Å². The first kappa shape index (κ1) is 17.8. The average Bonchev–Trinajstić information content (AvgIpc) is 2.88. The van der Waals surface area contributed by atoms with Gasteiger partial charge in [-0.1, -0.05) is 32.1 Å². The molecule has 1 unspecified atom stereocenters. The number of aryl methyl sites for hydroxylation is 2. The second-order valence-corrected chi connectivity index (χ2v) is 6.80. The first-order chi connectivity index (χ1) is 11.1. The fourth-order valence-corrected chi connectivity index (χ4v) is 3.24. The molecule has 0 radical (unpaired) electrons. The molecule has 5 heteroatoms. The molecule has 0 aromatic carbocycles. The fourth-order valence-electron chi connectivity index (χ4n) is 3.24. The van der Waals surface area contributed by atoms with Crippen molar-refractivity contribution in [2.24, 2.45) is 10.9 Å². The third kappa shape index (κ3) is 5.88. The summed E-state index contributed by atoms with van der Waals surface area (Å²) in [4.78, 5) is 8.67. The monoisotopic (exact) mass is 320 g/mol. The van der Waals surface area contributed by atoms with Gasteiger partial charge in [-0.15, -0.1) is 0 Å². The summed E-state index contributed by atoms with van der Waals surface area (Å²) in [5, 5.41) is 6.75. The van der Waals surface area contributed by atoms with Gasteiger partial charge in [0, 0.05) is 13.1 Å². The molecule has 23 heavy (non-hydrogen) atoms. The van der Waals surface area contributed by atoms with Crippen molar-refractivity contribution < 1.29 is 4.42 Å². The SMILES string of the molecule is CN=C(NCc1nc(C)c(C)o1)NC(C)CCC1CCCCC1. The molecule has 0 spiro atoms. The highest BCUT2D eigenvalue weighted by Crippen LogP contribution is 2.27. The van der Waals surface area contributed by atoms with E-state index in [1.807, 2.05) is 13.8 Å². The second-order valence-electron chi connectivity index (χ2n) is 6.80. The fraction of sp³-hybridized carbons (Fsp3) is 0.778. The molecule has 1 aromatic heterocycles. The van der Waals surface area contributed by atoms with E-state index in [4.69, 9.17) is 4.42 Å². The first-order valence-corrected chi connectivity index (χ1v) is 8.98. The normalized spacial score (nSPS) is 18.0. The van der Waals surface area contributed by atoms with Gasteiger partial charge in [0.15, 0.2) is 5.96 Å². The van der Waals surface area contributed by atoms with E-state index in [0.29, 0.717) is 18.5 Å². The molecule has 1 aromatic rings. The number of hydrogen-bond donors (Lipinski definition) is 2. The van der Waals surface area contributed by atoms with Gasteiger partial charge < -0.3 is 15.1 Å². The molecule has 130 valence electrons. The van der Waals surface area contributed by atoms with E-state index < -0.39 is 0 Å². The molecule has 0 aliphatic heterocycles. The Bertz CT molecular complexity index is 484. The van der Waals surface area contributed by atoms with Crippen molar-refractivity contribution in [1.82, 2.24) is 15.6 Å². The zero-order valence-electron chi connectivity index (χ0n) is 15.1. The molecule has 1 saturated carbocycles. The quantitative estimate of drug-likeness (QED) is 0.619. The number of guanidine groups is 1. The van der Waals surface area contributed by atoms with Gasteiger partial charge in [0.25, 0.3) is 0 Å². The second kappa shape index (κ2) is 8.94. The highest BCUT2D eigenvalue weighted by molar-refractivity contribution is 5.79. The van der Waals surface area contributed by atoms with Crippen LogP contribution in [0.5, 0.6) is 0 Å². The molecular formula is C18H32N4O. The Kier molecular flexibility index (Phi) is 6.93. The number of nitrogens with one attached hydrogen (secondary N) is 2. The summed E-state index contributed by atoms with van der Waals surface area (Å²) < 4.78 is 5.58. The summed E-state index contributed by atoms with van der Waals surface area (Å²) in [6.07, 6.45) is 9.63. The summed E-state index contributed by atoms with van der Waals surface area (Å²) in [7, 11) is 1.80. The highest BCUT2D eigenvalue weighted by atomic mass is 16.4. The third-order valence-corrected chi connectivity index (χ3v) is 4.82. The number of rotatable bonds is 6. The third-order valence-electron chi connectivity index (χ3n) is 4.82. The van der Waals surface area contributed by atoms with Gasteiger partial charge in [-0.25, -0.2) is 4.98 Å². The van der Waals surface area contributed by atoms with Gasteiger partial charge in [-0.2, -0.15) is 0 Å². The Labute approximate surface area is 140 Å². The molecule has 5 nitrogen and oxygen atoms in total. The van der Waals surface area contributed by atoms with Crippen LogP contribution in [-0.2, 0) is 6.54 Å². The lowest BCUT2D eigenvalue weighted by molar-refractivity contribution is 0.322. The Morgan fingerprint density at radius 3 is 2.65 bits per heavy atom. The standard InChI is InChI=1S/C18H32N4O/c1-13(10-11-16-8-6-5-7-9-16)21-18(19-4)20-12-17-22-14(2)15(3)23-17/h13,16H,5-12H2,1-4H3,(H2,19,20,21). The lowest BCUT2D eigenvalue weighted by atomic mass is 9.85. The minimum Gasteiger partial charge on any atom is -0.444 e. The average molecular weight is 320 g/mol. The summed E-state index contributed by atoms with van der Waals surface area (Å²) in [6, 6.07) is 0.427. The van der Waals surface area contributed by atoms with Crippen LogP contribution in [0.4, 0.5) is 0 Å². The predicted octanol–water partition coefficient (Wildman–Crippen LogP) is 3.71. The van der Waals surface area contributed by atoms with Gasteiger partial charge in [0.05, 0.1) is 12.2 Å². The molecule has 0 saturated heterocycles. The van der Waals surface area contributed by atoms with E-state index in [9.17, 15) is 0 Å². The zero-order chi connectivity index (χ0) is 16.7. The van der Waals surface area contributed by atoms with Crippen LogP contribution in [0.1, 0.15) is 69.2 Å². The molecule has 2 rings (SSSR count). The van der Waals surface area contributed by atoms with Gasteiger partial charge >= 0.3 is 0 Å². The Hall–Kier alpha value is -1.52. The van der Waals surface area contributed by atoms with Crippen LogP contribution < -0.4 is 10.6 Å². The summed E-state index contributed by atoms with van der Waals surface area (Å²) in [6.45, 7) is 6.69. The van der Waals surface area contributed by atoms with Crippen LogP contribution in [0.25, 0.3) is 0 Å². The van der Waals surface area contributed by atoms with E-state index in [1.165, 1.54) is 44.9 Å². The van der Waals surface area contributed by atoms with Gasteiger partial charge in [-0.3, -0.25) is 4.99 Å². The summed E-state index contributed by atoms with van der Waals surface area (Å²) >= 11 is 0. The summed E-state index contributed by atoms with van der Waals surface area (Å²) in [5.74, 6) is 3.33. The minimum absolute atomic E-state index is 0.427. The van der Waals surface area contributed by atoms with Crippen LogP contribution in [0.2, 0.25) is 0 Å². The number of oxazole rings is 1. The number of nitrogens with zero attached hydrogens (tertiary/aromatic N) is 2. The van der Waals surface area contributed by atoms with Crippen molar-refractivity contribution in [3.63, 3.8) is 0 Å². The molecule has 1 heterocycles. The topological polar surface area (TPSA) is 62.5 Å². The minimum atomic E-state index is 0.427. The van der Waals surface area contributed by atoms with Crippen LogP contribution in [0.15, 0.2) is 9.41 Å². The number of hydrogen-bond acceptors (Lipinski definition) is 3. The van der Waals surface area contributed by atoms with E-state index in [2.05, 4.69) is 27.5 Å². The van der Waals surface area contributed by atoms with Crippen molar-refractivity contribution in [2.75, 3.05) is 7.05 Å². The van der Waals surface area contributed by atoms with E-state index >= 15 is 0 Å². The maximum absolute atomic E-state index is 5.58. The number of aliphatic imine (C=N–C) groups is 1. The van der Waals surface area contributed by atoms with E-state index in [1.54, 1.807) is 7.05 Å². The maximum atomic E-state index is 5.58. The van der Waals surface area contributed by atoms with Crippen molar-refractivity contribution >= 4 is 5.96 Å². The van der Waals surface area contributed by atoms with Crippen LogP contribution >= 0.6 is 0 Å².